The van der Waals surface area contributed by atoms with Crippen molar-refractivity contribution in [2.45, 2.75) is 11.9 Å². The highest BCUT2D eigenvalue weighted by atomic mass is 79.9. The predicted molar refractivity (Wildman–Crippen MR) is 81.4 cm³/mol. The van der Waals surface area contributed by atoms with E-state index in [4.69, 9.17) is 21.1 Å². The molecule has 0 atom stereocenters. The van der Waals surface area contributed by atoms with Crippen LogP contribution in [0, 0.1) is 5.82 Å². The molecular weight excluding hydrogens is 347 g/mol. The summed E-state index contributed by atoms with van der Waals surface area (Å²) in [6.45, 7) is 0.118. The number of rotatable bonds is 5. The van der Waals surface area contributed by atoms with Crippen LogP contribution in [0.4, 0.5) is 4.39 Å². The maximum absolute atomic E-state index is 13.7. The lowest BCUT2D eigenvalue weighted by atomic mass is 10.2. The number of hydrogen-bond acceptors (Lipinski definition) is 2. The molecule has 0 radical (unpaired) electrons. The van der Waals surface area contributed by atoms with E-state index < -0.39 is 0 Å². The van der Waals surface area contributed by atoms with Crippen molar-refractivity contribution in [1.82, 2.24) is 0 Å². The average Bonchev–Trinajstić information content (AvgIpc) is 2.46. The zero-order valence-corrected chi connectivity index (χ0v) is 13.2. The maximum atomic E-state index is 13.7. The second-order valence-electron chi connectivity index (χ2n) is 4.14. The summed E-state index contributed by atoms with van der Waals surface area (Å²) in [6.07, 6.45) is 0. The highest BCUT2D eigenvalue weighted by Gasteiger charge is 2.08. The standard InChI is InChI=1S/C15H13BrClFO2/c1-19-15-6-10(8-16)2-5-14(15)20-9-11-3-4-12(17)7-13(11)18/h2-7H,8-9H2,1H3. The molecule has 2 aromatic carbocycles. The summed E-state index contributed by atoms with van der Waals surface area (Å²) < 4.78 is 24.5. The van der Waals surface area contributed by atoms with Crippen LogP contribution in [0.15, 0.2) is 36.4 Å². The Morgan fingerprint density at radius 2 is 1.95 bits per heavy atom. The molecule has 0 fully saturated rings. The third-order valence-electron chi connectivity index (χ3n) is 2.78. The Bertz CT molecular complexity index is 604. The summed E-state index contributed by atoms with van der Waals surface area (Å²) in [5.41, 5.74) is 1.52. The smallest absolute Gasteiger partial charge is 0.161 e. The minimum atomic E-state index is -0.381. The van der Waals surface area contributed by atoms with Crippen LogP contribution in [0.2, 0.25) is 5.02 Å². The molecule has 2 nitrogen and oxygen atoms in total. The van der Waals surface area contributed by atoms with Gasteiger partial charge in [0.15, 0.2) is 11.5 Å². The molecule has 0 aliphatic rings. The molecular formula is C15H13BrClFO2. The Labute approximate surface area is 130 Å². The lowest BCUT2D eigenvalue weighted by Crippen LogP contribution is -2.00. The van der Waals surface area contributed by atoms with E-state index in [1.165, 1.54) is 6.07 Å². The highest BCUT2D eigenvalue weighted by molar-refractivity contribution is 9.08. The molecule has 2 rings (SSSR count). The highest BCUT2D eigenvalue weighted by Crippen LogP contribution is 2.30. The summed E-state index contributed by atoms with van der Waals surface area (Å²) in [4.78, 5) is 0. The first-order chi connectivity index (χ1) is 9.63. The quantitative estimate of drug-likeness (QED) is 0.702. The van der Waals surface area contributed by atoms with Gasteiger partial charge in [0.25, 0.3) is 0 Å². The van der Waals surface area contributed by atoms with Crippen molar-refractivity contribution in [3.63, 3.8) is 0 Å². The largest absolute Gasteiger partial charge is 0.493 e. The molecule has 5 heteroatoms. The topological polar surface area (TPSA) is 18.5 Å². The van der Waals surface area contributed by atoms with Gasteiger partial charge in [0.05, 0.1) is 7.11 Å². The van der Waals surface area contributed by atoms with Gasteiger partial charge in [0.2, 0.25) is 0 Å². The van der Waals surface area contributed by atoms with Crippen molar-refractivity contribution in [3.05, 3.63) is 58.4 Å². The van der Waals surface area contributed by atoms with Crippen LogP contribution in [-0.4, -0.2) is 7.11 Å². The van der Waals surface area contributed by atoms with Crippen molar-refractivity contribution < 1.29 is 13.9 Å². The number of benzene rings is 2. The fourth-order valence-corrected chi connectivity index (χ4v) is 2.22. The van der Waals surface area contributed by atoms with E-state index in [-0.39, 0.29) is 12.4 Å². The number of alkyl halides is 1. The SMILES string of the molecule is COc1cc(CBr)ccc1OCc1ccc(Cl)cc1F. The van der Waals surface area contributed by atoms with Gasteiger partial charge in [-0.25, -0.2) is 4.39 Å². The molecule has 0 saturated carbocycles. The van der Waals surface area contributed by atoms with E-state index in [9.17, 15) is 4.39 Å². The summed E-state index contributed by atoms with van der Waals surface area (Å²) in [5.74, 6) is 0.816. The molecule has 0 aliphatic heterocycles. The predicted octanol–water partition coefficient (Wildman–Crippen LogP) is 4.96. The third kappa shape index (κ3) is 3.64. The van der Waals surface area contributed by atoms with Gasteiger partial charge in [0, 0.05) is 15.9 Å². The molecule has 20 heavy (non-hydrogen) atoms. The molecule has 0 N–H and O–H groups in total. The van der Waals surface area contributed by atoms with E-state index in [1.54, 1.807) is 19.2 Å². The van der Waals surface area contributed by atoms with Gasteiger partial charge in [-0.15, -0.1) is 0 Å². The second kappa shape index (κ2) is 6.95. The number of ether oxygens (including phenoxy) is 2. The van der Waals surface area contributed by atoms with E-state index in [0.29, 0.717) is 22.1 Å². The normalized spacial score (nSPS) is 10.4. The van der Waals surface area contributed by atoms with Gasteiger partial charge in [-0.3, -0.25) is 0 Å². The first kappa shape index (κ1) is 15.1. The zero-order chi connectivity index (χ0) is 14.5. The Hall–Kier alpha value is -1.26. The Balaban J connectivity index is 2.14. The molecule has 0 aliphatic carbocycles. The molecule has 0 saturated heterocycles. The van der Waals surface area contributed by atoms with E-state index in [2.05, 4.69) is 15.9 Å². The van der Waals surface area contributed by atoms with Crippen LogP contribution in [0.25, 0.3) is 0 Å². The minimum absolute atomic E-state index is 0.118. The van der Waals surface area contributed by atoms with Gasteiger partial charge >= 0.3 is 0 Å². The summed E-state index contributed by atoms with van der Waals surface area (Å²) in [5, 5.41) is 1.10. The van der Waals surface area contributed by atoms with E-state index in [1.807, 2.05) is 18.2 Å². The lowest BCUT2D eigenvalue weighted by molar-refractivity contribution is 0.279. The fraction of sp³-hybridized carbons (Fsp3) is 0.200. The van der Waals surface area contributed by atoms with Crippen LogP contribution >= 0.6 is 27.5 Å². The summed E-state index contributed by atoms with van der Waals surface area (Å²) >= 11 is 9.09. The third-order valence-corrected chi connectivity index (χ3v) is 3.66. The van der Waals surface area contributed by atoms with Gasteiger partial charge in [-0.05, 0) is 29.8 Å². The van der Waals surface area contributed by atoms with Crippen LogP contribution in [0.1, 0.15) is 11.1 Å². The molecule has 0 heterocycles. The van der Waals surface area contributed by atoms with Gasteiger partial charge in [0.1, 0.15) is 12.4 Å². The molecule has 0 unspecified atom stereocenters. The molecule has 0 amide bonds. The summed E-state index contributed by atoms with van der Waals surface area (Å²) in [7, 11) is 1.57. The van der Waals surface area contributed by atoms with Crippen molar-refractivity contribution >= 4 is 27.5 Å². The Kier molecular flexibility index (Phi) is 5.26. The molecule has 0 aromatic heterocycles. The van der Waals surface area contributed by atoms with Gasteiger partial charge in [-0.2, -0.15) is 0 Å². The first-order valence-electron chi connectivity index (χ1n) is 5.93. The van der Waals surface area contributed by atoms with Crippen LogP contribution in [0.5, 0.6) is 11.5 Å². The van der Waals surface area contributed by atoms with Crippen LogP contribution in [0.3, 0.4) is 0 Å². The minimum Gasteiger partial charge on any atom is -0.493 e. The van der Waals surface area contributed by atoms with Crippen molar-refractivity contribution in [2.24, 2.45) is 0 Å². The van der Waals surface area contributed by atoms with Gasteiger partial charge < -0.3 is 9.47 Å². The summed E-state index contributed by atoms with van der Waals surface area (Å²) in [6, 6.07) is 10.1. The van der Waals surface area contributed by atoms with Crippen molar-refractivity contribution in [2.75, 3.05) is 7.11 Å². The van der Waals surface area contributed by atoms with E-state index in [0.717, 1.165) is 10.9 Å². The molecule has 0 spiro atoms. The van der Waals surface area contributed by atoms with Crippen LogP contribution in [-0.2, 0) is 11.9 Å². The first-order valence-corrected chi connectivity index (χ1v) is 7.43. The Morgan fingerprint density at radius 3 is 2.60 bits per heavy atom. The molecule has 0 bridgehead atoms. The fourth-order valence-electron chi connectivity index (χ4n) is 1.71. The molecule has 2 aromatic rings. The second-order valence-corrected chi connectivity index (χ2v) is 5.14. The van der Waals surface area contributed by atoms with E-state index >= 15 is 0 Å². The monoisotopic (exact) mass is 358 g/mol. The zero-order valence-electron chi connectivity index (χ0n) is 10.8. The number of methoxy groups -OCH3 is 1. The lowest BCUT2D eigenvalue weighted by Gasteiger charge is -2.12. The van der Waals surface area contributed by atoms with Crippen LogP contribution < -0.4 is 9.47 Å². The average molecular weight is 360 g/mol. The number of hydrogen-bond donors (Lipinski definition) is 0. The number of halogens is 3. The maximum Gasteiger partial charge on any atom is 0.161 e. The van der Waals surface area contributed by atoms with Gasteiger partial charge in [-0.1, -0.05) is 39.7 Å². The van der Waals surface area contributed by atoms with Crippen molar-refractivity contribution in [3.8, 4) is 11.5 Å². The van der Waals surface area contributed by atoms with Crippen molar-refractivity contribution in [1.29, 1.82) is 0 Å². The molecule has 106 valence electrons. The Morgan fingerprint density at radius 1 is 1.15 bits per heavy atom.